The quantitative estimate of drug-likeness (QED) is 0.838. The van der Waals surface area contributed by atoms with Crippen LogP contribution in [0, 0.1) is 6.92 Å². The third-order valence-corrected chi connectivity index (χ3v) is 3.19. The molecule has 1 heterocycles. The molecular formula is C13H12BrN3O. The number of hydrogen-bond acceptors (Lipinski definition) is 3. The molecule has 5 heteroatoms. The summed E-state index contributed by atoms with van der Waals surface area (Å²) >= 11 is 3.29. The van der Waals surface area contributed by atoms with Crippen LogP contribution in [0.4, 0.5) is 11.5 Å². The van der Waals surface area contributed by atoms with Crippen molar-refractivity contribution in [1.82, 2.24) is 4.98 Å². The van der Waals surface area contributed by atoms with Crippen molar-refractivity contribution in [3.8, 4) is 0 Å². The van der Waals surface area contributed by atoms with Crippen molar-refractivity contribution in [2.45, 2.75) is 6.92 Å². The Hall–Kier alpha value is -1.88. The number of hydrogen-bond donors (Lipinski definition) is 2. The van der Waals surface area contributed by atoms with Crippen LogP contribution >= 0.6 is 15.9 Å². The number of amides is 1. The summed E-state index contributed by atoms with van der Waals surface area (Å²) in [6.45, 7) is 1.89. The molecule has 2 rings (SSSR count). The van der Waals surface area contributed by atoms with E-state index in [1.54, 1.807) is 24.4 Å². The maximum absolute atomic E-state index is 12.0. The van der Waals surface area contributed by atoms with E-state index in [1.165, 1.54) is 0 Å². The molecular weight excluding hydrogens is 294 g/mol. The van der Waals surface area contributed by atoms with E-state index in [2.05, 4.69) is 26.2 Å². The van der Waals surface area contributed by atoms with Crippen molar-refractivity contribution in [2.75, 3.05) is 11.1 Å². The van der Waals surface area contributed by atoms with Crippen LogP contribution in [0.3, 0.4) is 0 Å². The summed E-state index contributed by atoms with van der Waals surface area (Å²) in [5.41, 5.74) is 7.72. The number of aryl methyl sites for hydroxylation is 1. The molecule has 1 amide bonds. The number of aromatic nitrogens is 1. The molecule has 0 fully saturated rings. The Labute approximate surface area is 113 Å². The molecule has 92 valence electrons. The number of nitrogens with one attached hydrogen (secondary N) is 1. The maximum Gasteiger partial charge on any atom is 0.256 e. The van der Waals surface area contributed by atoms with Gasteiger partial charge in [0.15, 0.2) is 0 Å². The Bertz CT molecular complexity index is 599. The fourth-order valence-electron chi connectivity index (χ4n) is 1.46. The molecule has 0 spiro atoms. The predicted molar refractivity (Wildman–Crippen MR) is 75.5 cm³/mol. The summed E-state index contributed by atoms with van der Waals surface area (Å²) < 4.78 is 0.702. The summed E-state index contributed by atoms with van der Waals surface area (Å²) in [7, 11) is 0. The minimum absolute atomic E-state index is 0.211. The fourth-order valence-corrected chi connectivity index (χ4v) is 1.84. The van der Waals surface area contributed by atoms with Crippen LogP contribution < -0.4 is 11.1 Å². The molecule has 0 saturated heterocycles. The van der Waals surface area contributed by atoms with Crippen molar-refractivity contribution in [1.29, 1.82) is 0 Å². The van der Waals surface area contributed by atoms with E-state index < -0.39 is 0 Å². The normalized spacial score (nSPS) is 10.1. The highest BCUT2D eigenvalue weighted by Crippen LogP contribution is 2.21. The van der Waals surface area contributed by atoms with Gasteiger partial charge in [-0.2, -0.15) is 0 Å². The van der Waals surface area contributed by atoms with Crippen LogP contribution in [0.1, 0.15) is 15.9 Å². The molecule has 1 aromatic heterocycles. The summed E-state index contributed by atoms with van der Waals surface area (Å²) in [6.07, 6.45) is 1.64. The van der Waals surface area contributed by atoms with Crippen LogP contribution in [-0.2, 0) is 0 Å². The summed E-state index contributed by atoms with van der Waals surface area (Å²) in [5, 5.41) is 2.76. The number of carbonyl (C=O) groups is 1. The van der Waals surface area contributed by atoms with E-state index in [4.69, 9.17) is 5.73 Å². The maximum atomic E-state index is 12.0. The molecule has 4 nitrogen and oxygen atoms in total. The van der Waals surface area contributed by atoms with Crippen LogP contribution in [-0.4, -0.2) is 10.9 Å². The number of carbonyl (C=O) groups excluding carboxylic acids is 1. The molecule has 0 saturated carbocycles. The molecule has 0 aliphatic heterocycles. The number of pyridine rings is 1. The van der Waals surface area contributed by atoms with Gasteiger partial charge in [-0.05, 0) is 52.7 Å². The molecule has 0 unspecified atom stereocenters. The predicted octanol–water partition coefficient (Wildman–Crippen LogP) is 2.99. The summed E-state index contributed by atoms with van der Waals surface area (Å²) in [6, 6.07) is 8.76. The van der Waals surface area contributed by atoms with Gasteiger partial charge in [0.2, 0.25) is 0 Å². The van der Waals surface area contributed by atoms with Gasteiger partial charge in [0.1, 0.15) is 5.82 Å². The lowest BCUT2D eigenvalue weighted by Crippen LogP contribution is -2.14. The number of rotatable bonds is 2. The second-order valence-corrected chi connectivity index (χ2v) is 4.71. The fraction of sp³-hybridized carbons (Fsp3) is 0.0769. The van der Waals surface area contributed by atoms with E-state index in [0.29, 0.717) is 21.5 Å². The number of nitrogens with zero attached hydrogens (tertiary/aromatic N) is 1. The van der Waals surface area contributed by atoms with Crippen LogP contribution in [0.2, 0.25) is 0 Å². The lowest BCUT2D eigenvalue weighted by atomic mass is 10.2. The van der Waals surface area contributed by atoms with E-state index in [-0.39, 0.29) is 5.91 Å². The van der Waals surface area contributed by atoms with Gasteiger partial charge < -0.3 is 11.1 Å². The minimum Gasteiger partial charge on any atom is -0.398 e. The average Bonchev–Trinajstić information content (AvgIpc) is 2.35. The SMILES string of the molecule is Cc1cccnc1NC(=O)c1ccc(N)c(Br)c1. The number of nitrogens with two attached hydrogens (primary N) is 1. The van der Waals surface area contributed by atoms with Gasteiger partial charge in [-0.1, -0.05) is 6.07 Å². The first-order chi connectivity index (χ1) is 8.58. The van der Waals surface area contributed by atoms with Gasteiger partial charge >= 0.3 is 0 Å². The highest BCUT2D eigenvalue weighted by Gasteiger charge is 2.09. The number of anilines is 2. The average molecular weight is 306 g/mol. The lowest BCUT2D eigenvalue weighted by molar-refractivity contribution is 0.102. The highest BCUT2D eigenvalue weighted by molar-refractivity contribution is 9.10. The molecule has 0 atom stereocenters. The molecule has 0 aliphatic carbocycles. The number of halogens is 1. The third kappa shape index (κ3) is 2.68. The molecule has 0 radical (unpaired) electrons. The molecule has 1 aromatic carbocycles. The van der Waals surface area contributed by atoms with Gasteiger partial charge in [0.25, 0.3) is 5.91 Å². The molecule has 2 aromatic rings. The number of benzene rings is 1. The molecule has 0 aliphatic rings. The topological polar surface area (TPSA) is 68.0 Å². The van der Waals surface area contributed by atoms with Crippen molar-refractivity contribution < 1.29 is 4.79 Å². The van der Waals surface area contributed by atoms with E-state index in [0.717, 1.165) is 5.56 Å². The van der Waals surface area contributed by atoms with Gasteiger partial charge in [0.05, 0.1) is 0 Å². The summed E-state index contributed by atoms with van der Waals surface area (Å²) in [4.78, 5) is 16.1. The zero-order valence-corrected chi connectivity index (χ0v) is 11.4. The van der Waals surface area contributed by atoms with Crippen molar-refractivity contribution in [3.63, 3.8) is 0 Å². The zero-order chi connectivity index (χ0) is 13.1. The Kier molecular flexibility index (Phi) is 3.62. The second-order valence-electron chi connectivity index (χ2n) is 3.86. The highest BCUT2D eigenvalue weighted by atomic mass is 79.9. The Morgan fingerprint density at radius 3 is 2.83 bits per heavy atom. The second kappa shape index (κ2) is 5.18. The summed E-state index contributed by atoms with van der Waals surface area (Å²) in [5.74, 6) is 0.355. The van der Waals surface area contributed by atoms with Gasteiger partial charge in [-0.15, -0.1) is 0 Å². The van der Waals surface area contributed by atoms with E-state index in [1.807, 2.05) is 19.1 Å². The van der Waals surface area contributed by atoms with Crippen LogP contribution in [0.25, 0.3) is 0 Å². The van der Waals surface area contributed by atoms with E-state index in [9.17, 15) is 4.79 Å². The first-order valence-corrected chi connectivity index (χ1v) is 6.15. The van der Waals surface area contributed by atoms with Gasteiger partial charge in [0, 0.05) is 21.9 Å². The van der Waals surface area contributed by atoms with Crippen LogP contribution in [0.15, 0.2) is 41.0 Å². The Balaban J connectivity index is 2.22. The molecule has 0 bridgehead atoms. The van der Waals surface area contributed by atoms with Gasteiger partial charge in [-0.3, -0.25) is 4.79 Å². The monoisotopic (exact) mass is 305 g/mol. The van der Waals surface area contributed by atoms with E-state index >= 15 is 0 Å². The van der Waals surface area contributed by atoms with Crippen molar-refractivity contribution >= 4 is 33.3 Å². The Morgan fingerprint density at radius 2 is 2.17 bits per heavy atom. The third-order valence-electron chi connectivity index (χ3n) is 2.50. The number of nitrogen functional groups attached to an aromatic ring is 1. The lowest BCUT2D eigenvalue weighted by Gasteiger charge is -2.07. The first kappa shape index (κ1) is 12.6. The standard InChI is InChI=1S/C13H12BrN3O/c1-8-3-2-6-16-12(8)17-13(18)9-4-5-11(15)10(14)7-9/h2-7H,15H2,1H3,(H,16,17,18). The zero-order valence-electron chi connectivity index (χ0n) is 9.77. The molecule has 3 N–H and O–H groups in total. The van der Waals surface area contributed by atoms with Crippen molar-refractivity contribution in [3.05, 3.63) is 52.1 Å². The Morgan fingerprint density at radius 1 is 1.39 bits per heavy atom. The van der Waals surface area contributed by atoms with Crippen molar-refractivity contribution in [2.24, 2.45) is 0 Å². The largest absolute Gasteiger partial charge is 0.398 e. The van der Waals surface area contributed by atoms with Gasteiger partial charge in [-0.25, -0.2) is 4.98 Å². The van der Waals surface area contributed by atoms with Crippen LogP contribution in [0.5, 0.6) is 0 Å². The minimum atomic E-state index is -0.211. The molecule has 18 heavy (non-hydrogen) atoms. The first-order valence-electron chi connectivity index (χ1n) is 5.36. The smallest absolute Gasteiger partial charge is 0.256 e.